The van der Waals surface area contributed by atoms with Gasteiger partial charge < -0.3 is 13.6 Å². The second kappa shape index (κ2) is 6.56. The molecular weight excluding hydrogens is 328 g/mol. The summed E-state index contributed by atoms with van der Waals surface area (Å²) in [6.07, 6.45) is 1.54. The molecule has 130 valence electrons. The van der Waals surface area contributed by atoms with Gasteiger partial charge in [-0.25, -0.2) is 0 Å². The van der Waals surface area contributed by atoms with Gasteiger partial charge in [0.05, 0.1) is 11.6 Å². The van der Waals surface area contributed by atoms with E-state index in [4.69, 9.17) is 13.6 Å². The average Bonchev–Trinajstić information content (AvgIpc) is 3.16. The number of aryl methyl sites for hydroxylation is 2. The molecule has 0 N–H and O–H groups in total. The fourth-order valence-electron chi connectivity index (χ4n) is 2.95. The Morgan fingerprint density at radius 3 is 2.58 bits per heavy atom. The molecule has 2 aromatic carbocycles. The van der Waals surface area contributed by atoms with E-state index in [1.807, 2.05) is 50.2 Å². The molecule has 0 unspecified atom stereocenters. The number of benzene rings is 2. The second-order valence-electron chi connectivity index (χ2n) is 6.34. The molecule has 4 aromatic rings. The van der Waals surface area contributed by atoms with E-state index in [0.29, 0.717) is 22.5 Å². The van der Waals surface area contributed by atoms with Gasteiger partial charge in [0.25, 0.3) is 0 Å². The van der Waals surface area contributed by atoms with Gasteiger partial charge in [0.1, 0.15) is 12.2 Å². The topological polar surface area (TPSA) is 52.6 Å². The van der Waals surface area contributed by atoms with E-state index >= 15 is 0 Å². The predicted octanol–water partition coefficient (Wildman–Crippen LogP) is 5.25. The van der Waals surface area contributed by atoms with Crippen molar-refractivity contribution in [2.24, 2.45) is 0 Å². The van der Waals surface area contributed by atoms with Crippen molar-refractivity contribution in [2.45, 2.75) is 20.5 Å². The molecule has 26 heavy (non-hydrogen) atoms. The van der Waals surface area contributed by atoms with Crippen LogP contribution in [-0.2, 0) is 6.61 Å². The number of hydrogen-bond acceptors (Lipinski definition) is 4. The molecule has 0 radical (unpaired) electrons. The normalized spacial score (nSPS) is 11.0. The minimum absolute atomic E-state index is 0.166. The number of furan rings is 1. The third-order valence-electron chi connectivity index (χ3n) is 4.21. The molecule has 0 fully saturated rings. The van der Waals surface area contributed by atoms with E-state index in [9.17, 15) is 4.79 Å². The van der Waals surface area contributed by atoms with Gasteiger partial charge in [-0.1, -0.05) is 41.5 Å². The zero-order chi connectivity index (χ0) is 18.1. The lowest BCUT2D eigenvalue weighted by atomic mass is 10.1. The lowest BCUT2D eigenvalue weighted by Gasteiger charge is -2.11. The van der Waals surface area contributed by atoms with Crippen LogP contribution in [0.4, 0.5) is 0 Å². The molecule has 4 heteroatoms. The highest BCUT2D eigenvalue weighted by Gasteiger charge is 2.19. The lowest BCUT2D eigenvalue weighted by Crippen LogP contribution is -2.10. The first-order valence-corrected chi connectivity index (χ1v) is 8.41. The van der Waals surface area contributed by atoms with Crippen molar-refractivity contribution in [1.29, 1.82) is 0 Å². The van der Waals surface area contributed by atoms with Crippen LogP contribution >= 0.6 is 0 Å². The van der Waals surface area contributed by atoms with Crippen LogP contribution in [0.2, 0.25) is 0 Å². The summed E-state index contributed by atoms with van der Waals surface area (Å²) in [5.41, 5.74) is 3.42. The third-order valence-corrected chi connectivity index (χ3v) is 4.21. The monoisotopic (exact) mass is 346 g/mol. The predicted molar refractivity (Wildman–Crippen MR) is 100 cm³/mol. The minimum atomic E-state index is -0.200. The molecule has 0 saturated carbocycles. The molecule has 4 rings (SSSR count). The van der Waals surface area contributed by atoms with E-state index in [1.54, 1.807) is 24.5 Å². The fourth-order valence-corrected chi connectivity index (χ4v) is 2.95. The zero-order valence-corrected chi connectivity index (χ0v) is 14.6. The first-order valence-electron chi connectivity index (χ1n) is 8.41. The van der Waals surface area contributed by atoms with E-state index in [1.165, 1.54) is 0 Å². The zero-order valence-electron chi connectivity index (χ0n) is 14.6. The number of ether oxygens (including phenoxy) is 1. The van der Waals surface area contributed by atoms with Crippen molar-refractivity contribution in [1.82, 2.24) is 0 Å². The SMILES string of the molecule is Cc1cccc(COc2c(-c3ccco3)oc3ccc(C)cc3c2=O)c1. The van der Waals surface area contributed by atoms with Crippen molar-refractivity contribution in [3.63, 3.8) is 0 Å². The van der Waals surface area contributed by atoms with Gasteiger partial charge in [-0.05, 0) is 43.7 Å². The van der Waals surface area contributed by atoms with Crippen LogP contribution in [0.3, 0.4) is 0 Å². The maximum Gasteiger partial charge on any atom is 0.235 e. The van der Waals surface area contributed by atoms with Crippen LogP contribution in [-0.4, -0.2) is 0 Å². The Hall–Kier alpha value is -3.27. The fraction of sp³-hybridized carbons (Fsp3) is 0.136. The highest BCUT2D eigenvalue weighted by Crippen LogP contribution is 2.31. The van der Waals surface area contributed by atoms with Crippen molar-refractivity contribution < 1.29 is 13.6 Å². The lowest BCUT2D eigenvalue weighted by molar-refractivity contribution is 0.296. The highest BCUT2D eigenvalue weighted by molar-refractivity contribution is 5.81. The molecular formula is C22H18O4. The van der Waals surface area contributed by atoms with Crippen molar-refractivity contribution in [3.8, 4) is 17.3 Å². The molecule has 4 nitrogen and oxygen atoms in total. The van der Waals surface area contributed by atoms with Gasteiger partial charge in [-0.3, -0.25) is 4.79 Å². The van der Waals surface area contributed by atoms with Gasteiger partial charge in [0, 0.05) is 0 Å². The molecule has 2 heterocycles. The molecule has 0 amide bonds. The summed E-state index contributed by atoms with van der Waals surface area (Å²) in [5.74, 6) is 0.937. The van der Waals surface area contributed by atoms with Crippen LogP contribution in [0, 0.1) is 13.8 Å². The number of hydrogen-bond donors (Lipinski definition) is 0. The summed E-state index contributed by atoms with van der Waals surface area (Å²) in [6, 6.07) is 17.0. The number of fused-ring (bicyclic) bond motifs is 1. The molecule has 0 aliphatic heterocycles. The molecule has 0 aliphatic carbocycles. The summed E-state index contributed by atoms with van der Waals surface area (Å²) in [6.45, 7) is 4.23. The average molecular weight is 346 g/mol. The van der Waals surface area contributed by atoms with Crippen LogP contribution in [0.15, 0.2) is 74.5 Å². The summed E-state index contributed by atoms with van der Waals surface area (Å²) in [7, 11) is 0. The molecule has 0 spiro atoms. The largest absolute Gasteiger partial charge is 0.481 e. The Kier molecular flexibility index (Phi) is 4.09. The van der Waals surface area contributed by atoms with Gasteiger partial charge in [0.15, 0.2) is 5.76 Å². The molecule has 0 saturated heterocycles. The summed E-state index contributed by atoms with van der Waals surface area (Å²) in [5, 5.41) is 0.500. The van der Waals surface area contributed by atoms with Crippen LogP contribution in [0.25, 0.3) is 22.5 Å². The van der Waals surface area contributed by atoms with Gasteiger partial charge in [-0.2, -0.15) is 0 Å². The Morgan fingerprint density at radius 1 is 0.962 bits per heavy atom. The molecule has 2 aromatic heterocycles. The summed E-state index contributed by atoms with van der Waals surface area (Å²) < 4.78 is 17.3. The van der Waals surface area contributed by atoms with Crippen molar-refractivity contribution >= 4 is 11.0 Å². The minimum Gasteiger partial charge on any atom is -0.481 e. The second-order valence-corrected chi connectivity index (χ2v) is 6.34. The summed E-state index contributed by atoms with van der Waals surface area (Å²) >= 11 is 0. The molecule has 0 bridgehead atoms. The molecule has 0 atom stereocenters. The van der Waals surface area contributed by atoms with Crippen molar-refractivity contribution in [2.75, 3.05) is 0 Å². The Morgan fingerprint density at radius 2 is 1.81 bits per heavy atom. The van der Waals surface area contributed by atoms with Crippen LogP contribution < -0.4 is 10.2 Å². The van der Waals surface area contributed by atoms with Crippen molar-refractivity contribution in [3.05, 3.63) is 87.8 Å². The maximum atomic E-state index is 13.1. The third kappa shape index (κ3) is 3.02. The first-order chi connectivity index (χ1) is 12.6. The van der Waals surface area contributed by atoms with Gasteiger partial charge in [-0.15, -0.1) is 0 Å². The highest BCUT2D eigenvalue weighted by atomic mass is 16.5. The van der Waals surface area contributed by atoms with E-state index in [-0.39, 0.29) is 17.8 Å². The maximum absolute atomic E-state index is 13.1. The van der Waals surface area contributed by atoms with Crippen LogP contribution in [0.5, 0.6) is 5.75 Å². The smallest absolute Gasteiger partial charge is 0.235 e. The van der Waals surface area contributed by atoms with Crippen LogP contribution in [0.1, 0.15) is 16.7 Å². The summed E-state index contributed by atoms with van der Waals surface area (Å²) in [4.78, 5) is 13.1. The Balaban J connectivity index is 1.84. The standard InChI is InChI=1S/C22H18O4/c1-14-5-3-6-16(11-14)13-25-22-20(23)17-12-15(2)8-9-18(17)26-21(22)19-7-4-10-24-19/h3-12H,13H2,1-2H3. The Bertz CT molecular complexity index is 1120. The van der Waals surface area contributed by atoms with Gasteiger partial charge >= 0.3 is 0 Å². The molecule has 0 aliphatic rings. The van der Waals surface area contributed by atoms with E-state index in [2.05, 4.69) is 0 Å². The Labute approximate surface area is 150 Å². The number of rotatable bonds is 4. The first kappa shape index (κ1) is 16.2. The van der Waals surface area contributed by atoms with Gasteiger partial charge in [0.2, 0.25) is 16.9 Å². The quantitative estimate of drug-likeness (QED) is 0.506. The van der Waals surface area contributed by atoms with E-state index in [0.717, 1.165) is 16.7 Å². The van der Waals surface area contributed by atoms with E-state index < -0.39 is 0 Å².